The van der Waals surface area contributed by atoms with E-state index in [-0.39, 0.29) is 24.0 Å². The first-order chi connectivity index (χ1) is 32.0. The average Bonchev–Trinajstić information content (AvgIpc) is 4.21. The monoisotopic (exact) mass is 863 g/mol. The Kier molecular flexibility index (Phi) is 13.1. The van der Waals surface area contributed by atoms with Gasteiger partial charge in [0.2, 0.25) is 5.91 Å². The zero-order valence-electron chi connectivity index (χ0n) is 36.1. The molecule has 65 heavy (non-hydrogen) atoms. The predicted molar refractivity (Wildman–Crippen MR) is 244 cm³/mol. The van der Waals surface area contributed by atoms with Crippen LogP contribution in [-0.4, -0.2) is 72.9 Å². The van der Waals surface area contributed by atoms with Gasteiger partial charge in [-0.15, -0.1) is 20.4 Å². The quantitative estimate of drug-likeness (QED) is 0.105. The van der Waals surface area contributed by atoms with Crippen LogP contribution >= 0.6 is 0 Å². The van der Waals surface area contributed by atoms with Crippen LogP contribution in [0.4, 0.5) is 0 Å². The van der Waals surface area contributed by atoms with Crippen LogP contribution in [0.15, 0.2) is 176 Å². The number of hydrogen-bond acceptors (Lipinski definition) is 9. The molecule has 0 saturated carbocycles. The van der Waals surface area contributed by atoms with Crippen molar-refractivity contribution in [2.45, 2.75) is 62.3 Å². The fraction of sp³-hybridized carbons (Fsp3) is 0.220. The number of nitrogens with one attached hydrogen (secondary N) is 1. The zero-order valence-corrected chi connectivity index (χ0v) is 36.1. The highest BCUT2D eigenvalue weighted by molar-refractivity contribution is 5.80. The first-order valence-corrected chi connectivity index (χ1v) is 21.9. The summed E-state index contributed by atoms with van der Waals surface area (Å²) >= 11 is 0. The summed E-state index contributed by atoms with van der Waals surface area (Å²) in [5.74, 6) is -0.159. The van der Waals surface area contributed by atoms with E-state index in [1.165, 1.54) is 5.56 Å². The van der Waals surface area contributed by atoms with Gasteiger partial charge < -0.3 is 11.1 Å². The topological polar surface area (TPSA) is 180 Å². The van der Waals surface area contributed by atoms with Crippen LogP contribution in [0.1, 0.15) is 80.8 Å². The normalized spacial score (nSPS) is 13.8. The molecule has 0 spiro atoms. The van der Waals surface area contributed by atoms with E-state index in [4.69, 9.17) is 20.6 Å². The Hall–Kier alpha value is -7.91. The Bertz CT molecular complexity index is 2860. The van der Waals surface area contributed by atoms with Crippen LogP contribution in [0.2, 0.25) is 0 Å². The number of nitrogens with zero attached hydrogens (tertiary/aromatic N) is 12. The molecule has 0 radical (unpaired) electrons. The largest absolute Gasteiger partial charge is 0.357 e. The van der Waals surface area contributed by atoms with Crippen LogP contribution in [-0.2, 0) is 36.9 Å². The lowest BCUT2D eigenvalue weighted by molar-refractivity contribution is -0.427. The van der Waals surface area contributed by atoms with Crippen molar-refractivity contribution in [1.29, 1.82) is 0 Å². The summed E-state index contributed by atoms with van der Waals surface area (Å²) < 4.78 is 7.26. The first kappa shape index (κ1) is 42.4. The third kappa shape index (κ3) is 10.3. The predicted octanol–water partition coefficient (Wildman–Crippen LogP) is 5.60. The van der Waals surface area contributed by atoms with E-state index < -0.39 is 12.1 Å². The Balaban J connectivity index is 1.05. The summed E-state index contributed by atoms with van der Waals surface area (Å²) in [6, 6.07) is 49.2. The van der Waals surface area contributed by atoms with Crippen molar-refractivity contribution in [2.24, 2.45) is 0 Å². The van der Waals surface area contributed by atoms with Gasteiger partial charge in [0.1, 0.15) is 53.0 Å². The highest BCUT2D eigenvalue weighted by Gasteiger charge is 2.29. The molecule has 5 atom stereocenters. The molecule has 4 heterocycles. The lowest BCUT2D eigenvalue weighted by Crippen LogP contribution is -2.54. The van der Waals surface area contributed by atoms with Crippen LogP contribution < -0.4 is 11.1 Å². The molecular weight excluding hydrogens is 813 g/mol. The molecule has 0 unspecified atom stereocenters. The van der Waals surface area contributed by atoms with E-state index in [0.29, 0.717) is 37.1 Å². The van der Waals surface area contributed by atoms with Crippen LogP contribution in [0, 0.1) is 0 Å². The molecule has 15 heteroatoms. The van der Waals surface area contributed by atoms with Gasteiger partial charge in [-0.1, -0.05) is 173 Å². The van der Waals surface area contributed by atoms with Gasteiger partial charge in [0.15, 0.2) is 0 Å². The number of carbonyl (C=O) groups is 1. The lowest BCUT2D eigenvalue weighted by Gasteiger charge is -2.17. The third-order valence-corrected chi connectivity index (χ3v) is 11.8. The zero-order chi connectivity index (χ0) is 44.4. The van der Waals surface area contributed by atoms with E-state index in [1.54, 1.807) is 11.7 Å². The van der Waals surface area contributed by atoms with Crippen LogP contribution in [0.5, 0.6) is 0 Å². The minimum atomic E-state index is -0.603. The van der Waals surface area contributed by atoms with Crippen molar-refractivity contribution in [1.82, 2.24) is 65.3 Å². The van der Waals surface area contributed by atoms with Gasteiger partial charge in [-0.25, -0.2) is 18.7 Å². The van der Waals surface area contributed by atoms with Crippen molar-refractivity contribution in [3.63, 3.8) is 0 Å². The van der Waals surface area contributed by atoms with Gasteiger partial charge in [-0.3, -0.25) is 4.79 Å². The molecule has 9 aromatic rings. The van der Waals surface area contributed by atoms with Crippen LogP contribution in [0.3, 0.4) is 0 Å². The number of amides is 1. The van der Waals surface area contributed by atoms with Gasteiger partial charge >= 0.3 is 0 Å². The maximum atomic E-state index is 13.3. The molecule has 5 aromatic carbocycles. The van der Waals surface area contributed by atoms with E-state index >= 15 is 0 Å². The molecule has 1 amide bonds. The van der Waals surface area contributed by atoms with Gasteiger partial charge in [0.25, 0.3) is 0 Å². The van der Waals surface area contributed by atoms with E-state index in [2.05, 4.69) is 80.2 Å². The Morgan fingerprint density at radius 1 is 0.431 bits per heavy atom. The number of quaternary nitrogens is 1. The maximum absolute atomic E-state index is 13.3. The minimum Gasteiger partial charge on any atom is -0.357 e. The first-order valence-electron chi connectivity index (χ1n) is 21.9. The van der Waals surface area contributed by atoms with Gasteiger partial charge in [0.05, 0.1) is 24.8 Å². The molecule has 4 aromatic heterocycles. The maximum Gasteiger partial charge on any atom is 0.245 e. The molecule has 326 valence electrons. The summed E-state index contributed by atoms with van der Waals surface area (Å²) in [5, 5.41) is 40.5. The molecular formula is C50H51N14O+. The van der Waals surface area contributed by atoms with Gasteiger partial charge in [-0.05, 0) is 27.8 Å². The number of rotatable bonds is 19. The SMILES string of the molecule is CNC(=O)[C@H](Cc1ccccc1)n1cc([C@H](Cc2ccccc2)n2cc([C@H](Cc3ccccc3)n3cc([C@H](Cc4ccccc4)n4cc([C@@H]([NH3+])Cc5ccccc5)nn4)nn3)nn2)nn1. The molecule has 0 aliphatic heterocycles. The Labute approximate surface area is 377 Å². The molecule has 0 aliphatic rings. The second kappa shape index (κ2) is 20.1. The summed E-state index contributed by atoms with van der Waals surface area (Å²) in [6.07, 6.45) is 10.8. The number of carbonyl (C=O) groups excluding carboxylic acids is 1. The highest BCUT2D eigenvalue weighted by Crippen LogP contribution is 2.29. The highest BCUT2D eigenvalue weighted by atomic mass is 16.2. The van der Waals surface area contributed by atoms with Crippen molar-refractivity contribution < 1.29 is 10.5 Å². The number of hydrogen-bond donors (Lipinski definition) is 2. The average molecular weight is 864 g/mol. The van der Waals surface area contributed by atoms with Crippen molar-refractivity contribution in [2.75, 3.05) is 7.05 Å². The molecule has 9 rings (SSSR count). The molecule has 0 fully saturated rings. The smallest absolute Gasteiger partial charge is 0.245 e. The fourth-order valence-electron chi connectivity index (χ4n) is 8.24. The molecule has 4 N–H and O–H groups in total. The van der Waals surface area contributed by atoms with E-state index in [0.717, 1.165) is 40.1 Å². The molecule has 0 saturated heterocycles. The number of benzene rings is 5. The Morgan fingerprint density at radius 2 is 0.723 bits per heavy atom. The van der Waals surface area contributed by atoms with Crippen molar-refractivity contribution in [3.05, 3.63) is 227 Å². The Morgan fingerprint density at radius 3 is 1.09 bits per heavy atom. The second-order valence-corrected chi connectivity index (χ2v) is 16.3. The fourth-order valence-corrected chi connectivity index (χ4v) is 8.24. The standard InChI is InChI=1S/C50H50N14O/c1-52-50(65)49(31-40-25-15-6-16-26-40)64-35-45(56-60-64)48(30-39-23-13-5-14-24-39)63-34-44(55-59-63)47(29-38-21-11-4-12-22-38)62-33-43(54-58-62)46(28-37-19-9-3-10-20-37)61-32-42(53-57-61)41(51)27-36-17-7-2-8-18-36/h2-26,32-35,41,46-49H,27-31,51H2,1H3,(H,52,65)/p+1/t41-,46-,47-,48-,49-/m0/s1. The minimum absolute atomic E-state index is 0.0844. The summed E-state index contributed by atoms with van der Waals surface area (Å²) in [5.41, 5.74) is 12.9. The van der Waals surface area contributed by atoms with Crippen LogP contribution in [0.25, 0.3) is 0 Å². The van der Waals surface area contributed by atoms with E-state index in [9.17, 15) is 4.79 Å². The van der Waals surface area contributed by atoms with Crippen molar-refractivity contribution in [3.8, 4) is 0 Å². The molecule has 15 nitrogen and oxygen atoms in total. The number of aromatic nitrogens is 12. The van der Waals surface area contributed by atoms with E-state index in [1.807, 2.05) is 142 Å². The van der Waals surface area contributed by atoms with Gasteiger partial charge in [0, 0.05) is 39.2 Å². The molecule has 0 aliphatic carbocycles. The third-order valence-electron chi connectivity index (χ3n) is 11.8. The molecule has 0 bridgehead atoms. The summed E-state index contributed by atoms with van der Waals surface area (Å²) in [4.78, 5) is 13.3. The second-order valence-electron chi connectivity index (χ2n) is 16.3. The van der Waals surface area contributed by atoms with Crippen molar-refractivity contribution >= 4 is 5.91 Å². The number of likely N-dealkylation sites (N-methyl/N-ethyl adjacent to an activating group) is 1. The summed E-state index contributed by atoms with van der Waals surface area (Å²) in [6.45, 7) is 0. The lowest BCUT2D eigenvalue weighted by atomic mass is 10.0. The van der Waals surface area contributed by atoms with Gasteiger partial charge in [-0.2, -0.15) is 0 Å². The summed E-state index contributed by atoms with van der Waals surface area (Å²) in [7, 11) is 1.64.